The van der Waals surface area contributed by atoms with Crippen LogP contribution >= 0.6 is 11.6 Å². The van der Waals surface area contributed by atoms with Crippen molar-refractivity contribution in [2.45, 2.75) is 51.6 Å². The summed E-state index contributed by atoms with van der Waals surface area (Å²) in [5.74, 6) is 0.406. The molecule has 39 heavy (non-hydrogen) atoms. The lowest BCUT2D eigenvalue weighted by atomic mass is 9.77. The van der Waals surface area contributed by atoms with Crippen molar-refractivity contribution < 1.29 is 9.90 Å². The number of nitrogens with zero attached hydrogens (tertiary/aromatic N) is 6. The summed E-state index contributed by atoms with van der Waals surface area (Å²) in [6.45, 7) is 8.70. The van der Waals surface area contributed by atoms with Gasteiger partial charge in [-0.05, 0) is 51.7 Å². The van der Waals surface area contributed by atoms with Gasteiger partial charge in [-0.2, -0.15) is 15.3 Å². The molecule has 4 aromatic rings. The molecule has 0 radical (unpaired) electrons. The minimum absolute atomic E-state index is 0.207. The molecule has 0 atom stereocenters. The number of hydrogen-bond acceptors (Lipinski definition) is 6. The highest BCUT2D eigenvalue weighted by Crippen LogP contribution is 2.43. The van der Waals surface area contributed by atoms with Crippen LogP contribution in [0.15, 0.2) is 48.5 Å². The molecule has 2 aromatic carbocycles. The molecule has 0 saturated carbocycles. The minimum atomic E-state index is -0.955. The Morgan fingerprint density at radius 2 is 1.82 bits per heavy atom. The van der Waals surface area contributed by atoms with Gasteiger partial charge in [-0.15, -0.1) is 0 Å². The Hall–Kier alpha value is -4.16. The molecule has 3 heterocycles. The lowest BCUT2D eigenvalue weighted by molar-refractivity contribution is -0.00164. The van der Waals surface area contributed by atoms with Crippen LogP contribution < -0.4 is 4.90 Å². The largest absolute Gasteiger partial charge is 0.465 e. The van der Waals surface area contributed by atoms with Crippen molar-refractivity contribution in [2.24, 2.45) is 0 Å². The Morgan fingerprint density at radius 3 is 2.44 bits per heavy atom. The number of nitrogens with one attached hydrogen (secondary N) is 1. The number of amides is 1. The maximum absolute atomic E-state index is 12.6. The predicted octanol–water partition coefficient (Wildman–Crippen LogP) is 6.13. The number of H-pyrrole nitrogens is 1. The number of aryl methyl sites for hydroxylation is 1. The molecule has 1 amide bonds. The third kappa shape index (κ3) is 4.55. The van der Waals surface area contributed by atoms with E-state index in [4.69, 9.17) is 16.6 Å². The second-order valence-electron chi connectivity index (χ2n) is 10.9. The van der Waals surface area contributed by atoms with Crippen LogP contribution in [0, 0.1) is 18.3 Å². The lowest BCUT2D eigenvalue weighted by Crippen LogP contribution is -2.61. The molecule has 0 bridgehead atoms. The van der Waals surface area contributed by atoms with Crippen LogP contribution in [0.3, 0.4) is 0 Å². The minimum Gasteiger partial charge on any atom is -0.465 e. The third-order valence-corrected chi connectivity index (χ3v) is 7.94. The van der Waals surface area contributed by atoms with Gasteiger partial charge >= 0.3 is 6.09 Å². The van der Waals surface area contributed by atoms with E-state index in [2.05, 4.69) is 21.3 Å². The number of carbonyl (C=O) groups is 1. The smallest absolute Gasteiger partial charge is 0.408 e. The molecule has 1 aliphatic heterocycles. The molecule has 10 heteroatoms. The van der Waals surface area contributed by atoms with Crippen LogP contribution in [0.25, 0.3) is 22.3 Å². The molecule has 200 valence electrons. The molecule has 2 N–H and O–H groups in total. The van der Waals surface area contributed by atoms with Crippen LogP contribution in [0.5, 0.6) is 0 Å². The van der Waals surface area contributed by atoms with Gasteiger partial charge in [0.05, 0.1) is 15.9 Å². The summed E-state index contributed by atoms with van der Waals surface area (Å²) in [6.07, 6.45) is 0.123. The highest BCUT2D eigenvalue weighted by Gasteiger charge is 2.48. The standard InChI is InChI=1S/C29H30ClN7O2/c1-18-9-8-12-20(23(18)30)24-22-21(17-31)32-26(33-25(22)35-34-24)36-15-13-29(14-16-36,19-10-6-5-7-11-19)37(27(38)39)28(2,3)4/h5-12H,13-16H2,1-4H3,(H,38,39)(H,32,33,34,35). The summed E-state index contributed by atoms with van der Waals surface area (Å²) in [6, 6.07) is 17.7. The first-order valence-corrected chi connectivity index (χ1v) is 13.2. The molecule has 5 rings (SSSR count). The Labute approximate surface area is 232 Å². The van der Waals surface area contributed by atoms with E-state index < -0.39 is 17.2 Å². The van der Waals surface area contributed by atoms with Crippen molar-refractivity contribution in [1.82, 2.24) is 25.1 Å². The Bertz CT molecular complexity index is 1580. The number of fused-ring (bicyclic) bond motifs is 1. The van der Waals surface area contributed by atoms with Crippen molar-refractivity contribution in [1.29, 1.82) is 5.26 Å². The second-order valence-corrected chi connectivity index (χ2v) is 11.3. The highest BCUT2D eigenvalue weighted by molar-refractivity contribution is 6.34. The summed E-state index contributed by atoms with van der Waals surface area (Å²) in [4.78, 5) is 25.5. The van der Waals surface area contributed by atoms with Gasteiger partial charge < -0.3 is 10.0 Å². The summed E-state index contributed by atoms with van der Waals surface area (Å²) in [7, 11) is 0. The average molecular weight is 544 g/mol. The average Bonchev–Trinajstić information content (AvgIpc) is 3.33. The lowest BCUT2D eigenvalue weighted by Gasteiger charge is -2.53. The topological polar surface area (TPSA) is 122 Å². The zero-order chi connectivity index (χ0) is 27.9. The van der Waals surface area contributed by atoms with Crippen LogP contribution in [0.2, 0.25) is 5.02 Å². The zero-order valence-electron chi connectivity index (χ0n) is 22.4. The number of hydrogen-bond donors (Lipinski definition) is 2. The Morgan fingerprint density at radius 1 is 1.13 bits per heavy atom. The number of halogens is 1. The zero-order valence-corrected chi connectivity index (χ0v) is 23.1. The maximum Gasteiger partial charge on any atom is 0.408 e. The van der Waals surface area contributed by atoms with Gasteiger partial charge in [0.15, 0.2) is 11.3 Å². The normalized spacial score (nSPS) is 15.2. The number of piperidine rings is 1. The van der Waals surface area contributed by atoms with E-state index in [0.717, 1.165) is 11.1 Å². The Balaban J connectivity index is 1.52. The van der Waals surface area contributed by atoms with Crippen molar-refractivity contribution in [2.75, 3.05) is 18.0 Å². The van der Waals surface area contributed by atoms with Gasteiger partial charge in [0.1, 0.15) is 11.8 Å². The molecule has 0 aliphatic carbocycles. The number of carboxylic acid groups (broad SMARTS) is 1. The first kappa shape index (κ1) is 26.4. The fourth-order valence-electron chi connectivity index (χ4n) is 5.74. The molecule has 0 spiro atoms. The number of anilines is 1. The number of aromatic amines is 1. The molecule has 0 unspecified atom stereocenters. The van der Waals surface area contributed by atoms with Crippen LogP contribution in [-0.4, -0.2) is 54.9 Å². The van der Waals surface area contributed by atoms with Gasteiger partial charge in [0.2, 0.25) is 5.95 Å². The number of rotatable bonds is 4. The number of aromatic nitrogens is 4. The van der Waals surface area contributed by atoms with E-state index in [9.17, 15) is 15.2 Å². The van der Waals surface area contributed by atoms with Crippen LogP contribution in [0.4, 0.5) is 10.7 Å². The summed E-state index contributed by atoms with van der Waals surface area (Å²) in [5, 5.41) is 28.8. The van der Waals surface area contributed by atoms with Gasteiger partial charge in [0, 0.05) is 24.2 Å². The maximum atomic E-state index is 12.6. The molecule has 1 saturated heterocycles. The summed E-state index contributed by atoms with van der Waals surface area (Å²) in [5.41, 5.74) is 2.43. The molecular formula is C29H30ClN7O2. The van der Waals surface area contributed by atoms with E-state index in [1.54, 1.807) is 4.90 Å². The SMILES string of the molecule is Cc1cccc(-c2n[nH]c3nc(N4CCC(c5ccccc5)(N(C(=O)O)C(C)(C)C)CC4)nc(C#N)c23)c1Cl. The first-order chi connectivity index (χ1) is 18.6. The van der Waals surface area contributed by atoms with Crippen molar-refractivity contribution in [3.63, 3.8) is 0 Å². The van der Waals surface area contributed by atoms with E-state index in [-0.39, 0.29) is 5.69 Å². The third-order valence-electron chi connectivity index (χ3n) is 7.44. The fraction of sp³-hybridized carbons (Fsp3) is 0.345. The molecule has 2 aromatic heterocycles. The first-order valence-electron chi connectivity index (χ1n) is 12.8. The van der Waals surface area contributed by atoms with Crippen LogP contribution in [0.1, 0.15) is 50.4 Å². The van der Waals surface area contributed by atoms with E-state index >= 15 is 0 Å². The van der Waals surface area contributed by atoms with E-state index in [1.807, 2.05) is 81.1 Å². The highest BCUT2D eigenvalue weighted by atomic mass is 35.5. The Kier molecular flexibility index (Phi) is 6.69. The summed E-state index contributed by atoms with van der Waals surface area (Å²) < 4.78 is 0. The predicted molar refractivity (Wildman–Crippen MR) is 151 cm³/mol. The van der Waals surface area contributed by atoms with Crippen molar-refractivity contribution >= 4 is 34.7 Å². The van der Waals surface area contributed by atoms with Gasteiger partial charge in [-0.25, -0.2) is 9.78 Å². The van der Waals surface area contributed by atoms with Gasteiger partial charge in [0.25, 0.3) is 0 Å². The van der Waals surface area contributed by atoms with Crippen LogP contribution in [-0.2, 0) is 5.54 Å². The fourth-order valence-corrected chi connectivity index (χ4v) is 5.96. The molecule has 1 aliphatic rings. The second kappa shape index (κ2) is 9.86. The van der Waals surface area contributed by atoms with Crippen molar-refractivity contribution in [3.8, 4) is 17.3 Å². The van der Waals surface area contributed by atoms with Gasteiger partial charge in [-0.3, -0.25) is 10.00 Å². The van der Waals surface area contributed by atoms with Crippen molar-refractivity contribution in [3.05, 3.63) is 70.4 Å². The monoisotopic (exact) mass is 543 g/mol. The summed E-state index contributed by atoms with van der Waals surface area (Å²) >= 11 is 6.56. The number of nitriles is 1. The number of benzene rings is 2. The van der Waals surface area contributed by atoms with E-state index in [1.165, 1.54) is 0 Å². The molecule has 1 fully saturated rings. The molecule has 9 nitrogen and oxygen atoms in total. The van der Waals surface area contributed by atoms with Gasteiger partial charge in [-0.1, -0.05) is 60.1 Å². The quantitative estimate of drug-likeness (QED) is 0.317. The van der Waals surface area contributed by atoms with E-state index in [0.29, 0.717) is 59.2 Å². The molecular weight excluding hydrogens is 514 g/mol.